The van der Waals surface area contributed by atoms with Crippen LogP contribution in [0.3, 0.4) is 0 Å². The van der Waals surface area contributed by atoms with Gasteiger partial charge in [-0.25, -0.2) is 0 Å². The molecule has 1 aliphatic heterocycles. The van der Waals surface area contributed by atoms with Gasteiger partial charge in [0.05, 0.1) is 11.6 Å². The van der Waals surface area contributed by atoms with Crippen molar-refractivity contribution >= 4 is 0 Å². The van der Waals surface area contributed by atoms with Gasteiger partial charge in [-0.3, -0.25) is 0 Å². The Balaban J connectivity index is 2.35. The standard InChI is InChI=1S/C15H23NO/c1-4-11(2)15(3,17)14-13-8-6-5-7-12(13)9-10-16-14/h5-8,11,14,16-17H,4,9-10H2,1-3H3. The van der Waals surface area contributed by atoms with Gasteiger partial charge in [-0.1, -0.05) is 44.5 Å². The van der Waals surface area contributed by atoms with E-state index < -0.39 is 5.60 Å². The molecule has 2 heteroatoms. The van der Waals surface area contributed by atoms with Crippen molar-refractivity contribution < 1.29 is 5.11 Å². The van der Waals surface area contributed by atoms with E-state index in [0.29, 0.717) is 0 Å². The summed E-state index contributed by atoms with van der Waals surface area (Å²) < 4.78 is 0. The summed E-state index contributed by atoms with van der Waals surface area (Å²) in [5, 5.41) is 14.3. The summed E-state index contributed by atoms with van der Waals surface area (Å²) in [7, 11) is 0. The molecule has 0 amide bonds. The maximum atomic E-state index is 10.8. The molecule has 0 spiro atoms. The minimum Gasteiger partial charge on any atom is -0.388 e. The van der Waals surface area contributed by atoms with Gasteiger partial charge in [-0.2, -0.15) is 0 Å². The maximum absolute atomic E-state index is 10.8. The number of benzene rings is 1. The van der Waals surface area contributed by atoms with Gasteiger partial charge in [0.2, 0.25) is 0 Å². The molecular formula is C15H23NO. The van der Waals surface area contributed by atoms with Crippen LogP contribution in [-0.4, -0.2) is 17.3 Å². The highest BCUT2D eigenvalue weighted by molar-refractivity contribution is 5.34. The third-order valence-electron chi connectivity index (χ3n) is 4.30. The van der Waals surface area contributed by atoms with Crippen LogP contribution in [0, 0.1) is 5.92 Å². The first-order chi connectivity index (χ1) is 8.07. The molecule has 0 saturated heterocycles. The molecule has 0 aromatic heterocycles. The van der Waals surface area contributed by atoms with Crippen molar-refractivity contribution in [1.82, 2.24) is 5.32 Å². The Morgan fingerprint density at radius 1 is 1.47 bits per heavy atom. The van der Waals surface area contributed by atoms with Gasteiger partial charge in [-0.15, -0.1) is 0 Å². The SMILES string of the molecule is CCC(C)C(C)(O)C1NCCc2ccccc21. The van der Waals surface area contributed by atoms with Crippen LogP contribution >= 0.6 is 0 Å². The number of rotatable bonds is 3. The third kappa shape index (κ3) is 2.24. The molecular weight excluding hydrogens is 210 g/mol. The van der Waals surface area contributed by atoms with Crippen molar-refractivity contribution in [3.63, 3.8) is 0 Å². The fourth-order valence-corrected chi connectivity index (χ4v) is 2.72. The van der Waals surface area contributed by atoms with Crippen LogP contribution in [0.4, 0.5) is 0 Å². The van der Waals surface area contributed by atoms with E-state index in [1.165, 1.54) is 11.1 Å². The van der Waals surface area contributed by atoms with Crippen molar-refractivity contribution in [2.24, 2.45) is 5.92 Å². The molecule has 0 saturated carbocycles. The lowest BCUT2D eigenvalue weighted by molar-refractivity contribution is -0.0331. The van der Waals surface area contributed by atoms with Crippen molar-refractivity contribution in [3.8, 4) is 0 Å². The molecule has 2 nitrogen and oxygen atoms in total. The van der Waals surface area contributed by atoms with Crippen LogP contribution in [0.25, 0.3) is 0 Å². The molecule has 0 aliphatic carbocycles. The molecule has 1 aliphatic rings. The zero-order valence-corrected chi connectivity index (χ0v) is 11.0. The van der Waals surface area contributed by atoms with Gasteiger partial charge in [0.25, 0.3) is 0 Å². The van der Waals surface area contributed by atoms with Crippen molar-refractivity contribution in [2.45, 2.75) is 45.3 Å². The Labute approximate surface area is 104 Å². The van der Waals surface area contributed by atoms with Crippen LogP contribution in [0.1, 0.15) is 44.4 Å². The predicted octanol–water partition coefficient (Wildman–Crippen LogP) is 2.67. The maximum Gasteiger partial charge on any atom is 0.0838 e. The molecule has 3 atom stereocenters. The molecule has 0 fully saturated rings. The first-order valence-corrected chi connectivity index (χ1v) is 6.61. The number of nitrogens with one attached hydrogen (secondary N) is 1. The molecule has 2 rings (SSSR count). The van der Waals surface area contributed by atoms with Crippen LogP contribution in [-0.2, 0) is 6.42 Å². The fourth-order valence-electron chi connectivity index (χ4n) is 2.72. The average molecular weight is 233 g/mol. The molecule has 1 aromatic rings. The van der Waals surface area contributed by atoms with E-state index in [-0.39, 0.29) is 12.0 Å². The third-order valence-corrected chi connectivity index (χ3v) is 4.30. The molecule has 3 unspecified atom stereocenters. The van der Waals surface area contributed by atoms with Gasteiger partial charge >= 0.3 is 0 Å². The highest BCUT2D eigenvalue weighted by Gasteiger charge is 2.39. The van der Waals surface area contributed by atoms with Crippen LogP contribution in [0.15, 0.2) is 24.3 Å². The van der Waals surface area contributed by atoms with Crippen LogP contribution < -0.4 is 5.32 Å². The van der Waals surface area contributed by atoms with Gasteiger partial charge in [-0.05, 0) is 36.9 Å². The van der Waals surface area contributed by atoms with Gasteiger partial charge in [0.1, 0.15) is 0 Å². The van der Waals surface area contributed by atoms with Crippen molar-refractivity contribution in [3.05, 3.63) is 35.4 Å². The molecule has 94 valence electrons. The summed E-state index contributed by atoms with van der Waals surface area (Å²) in [5.74, 6) is 0.283. The number of aliphatic hydroxyl groups is 1. The molecule has 0 bridgehead atoms. The topological polar surface area (TPSA) is 32.3 Å². The number of fused-ring (bicyclic) bond motifs is 1. The second kappa shape index (κ2) is 4.79. The van der Waals surface area contributed by atoms with Crippen molar-refractivity contribution in [1.29, 1.82) is 0 Å². The summed E-state index contributed by atoms with van der Waals surface area (Å²) in [6.45, 7) is 7.17. The Morgan fingerprint density at radius 3 is 2.88 bits per heavy atom. The Hall–Kier alpha value is -0.860. The second-order valence-electron chi connectivity index (χ2n) is 5.37. The van der Waals surface area contributed by atoms with Gasteiger partial charge < -0.3 is 10.4 Å². The predicted molar refractivity (Wildman–Crippen MR) is 71.0 cm³/mol. The van der Waals surface area contributed by atoms with E-state index in [0.717, 1.165) is 19.4 Å². The normalized spacial score (nSPS) is 24.8. The lowest BCUT2D eigenvalue weighted by Crippen LogP contribution is -2.48. The molecule has 17 heavy (non-hydrogen) atoms. The average Bonchev–Trinajstić information content (AvgIpc) is 2.37. The molecule has 1 heterocycles. The van der Waals surface area contributed by atoms with E-state index in [9.17, 15) is 5.11 Å². The Bertz CT molecular complexity index is 386. The number of hydrogen-bond donors (Lipinski definition) is 2. The Kier molecular flexibility index (Phi) is 3.55. The molecule has 2 N–H and O–H groups in total. The van der Waals surface area contributed by atoms with E-state index in [1.54, 1.807) is 0 Å². The zero-order chi connectivity index (χ0) is 12.5. The summed E-state index contributed by atoms with van der Waals surface area (Å²) in [4.78, 5) is 0. The summed E-state index contributed by atoms with van der Waals surface area (Å²) in [5.41, 5.74) is 1.95. The Morgan fingerprint density at radius 2 is 2.18 bits per heavy atom. The van der Waals surface area contributed by atoms with Gasteiger partial charge in [0, 0.05) is 0 Å². The quantitative estimate of drug-likeness (QED) is 0.841. The van der Waals surface area contributed by atoms with Crippen LogP contribution in [0.5, 0.6) is 0 Å². The highest BCUT2D eigenvalue weighted by Crippen LogP contribution is 2.36. The minimum atomic E-state index is -0.689. The highest BCUT2D eigenvalue weighted by atomic mass is 16.3. The van der Waals surface area contributed by atoms with Gasteiger partial charge in [0.15, 0.2) is 0 Å². The summed E-state index contributed by atoms with van der Waals surface area (Å²) >= 11 is 0. The fraction of sp³-hybridized carbons (Fsp3) is 0.600. The zero-order valence-electron chi connectivity index (χ0n) is 11.0. The van der Waals surface area contributed by atoms with E-state index in [4.69, 9.17) is 0 Å². The van der Waals surface area contributed by atoms with E-state index in [1.807, 2.05) is 6.92 Å². The van der Waals surface area contributed by atoms with Crippen molar-refractivity contribution in [2.75, 3.05) is 6.54 Å². The lowest BCUT2D eigenvalue weighted by atomic mass is 9.76. The lowest BCUT2D eigenvalue weighted by Gasteiger charge is -2.41. The summed E-state index contributed by atoms with van der Waals surface area (Å²) in [6.07, 6.45) is 2.05. The molecule has 1 aromatic carbocycles. The number of hydrogen-bond acceptors (Lipinski definition) is 2. The summed E-state index contributed by atoms with van der Waals surface area (Å²) in [6, 6.07) is 8.52. The first kappa shape index (κ1) is 12.6. The van der Waals surface area contributed by atoms with Crippen LogP contribution in [0.2, 0.25) is 0 Å². The molecule has 0 radical (unpaired) electrons. The smallest absolute Gasteiger partial charge is 0.0838 e. The minimum absolute atomic E-state index is 0.0578. The second-order valence-corrected chi connectivity index (χ2v) is 5.37. The first-order valence-electron chi connectivity index (χ1n) is 6.61. The van der Waals surface area contributed by atoms with E-state index >= 15 is 0 Å². The monoisotopic (exact) mass is 233 g/mol. The largest absolute Gasteiger partial charge is 0.388 e. The van der Waals surface area contributed by atoms with E-state index in [2.05, 4.69) is 43.4 Å².